The van der Waals surface area contributed by atoms with Crippen LogP contribution in [-0.2, 0) is 37.6 Å². The summed E-state index contributed by atoms with van der Waals surface area (Å²) < 4.78 is 68.0. The zero-order valence-electron chi connectivity index (χ0n) is 18.2. The molecule has 0 fully saturated rings. The molecule has 13 nitrogen and oxygen atoms in total. The summed E-state index contributed by atoms with van der Waals surface area (Å²) in [4.78, 5) is 10.0. The van der Waals surface area contributed by atoms with Crippen molar-refractivity contribution in [2.24, 2.45) is 10.2 Å². The second kappa shape index (κ2) is 9.62. The van der Waals surface area contributed by atoms with Crippen molar-refractivity contribution < 1.29 is 59.7 Å². The summed E-state index contributed by atoms with van der Waals surface area (Å²) in [6.07, 6.45) is 0. The molecule has 2 aromatic carbocycles. The van der Waals surface area contributed by atoms with E-state index in [1.807, 2.05) is 0 Å². The molecule has 0 N–H and O–H groups in total. The molecule has 1 heterocycles. The van der Waals surface area contributed by atoms with Crippen LogP contribution in [0.2, 0.25) is 0 Å². The van der Waals surface area contributed by atoms with E-state index in [2.05, 4.69) is 15.3 Å². The first-order valence-corrected chi connectivity index (χ1v) is 11.6. The Morgan fingerprint density at radius 2 is 1.53 bits per heavy atom. The minimum atomic E-state index is -4.93. The van der Waals surface area contributed by atoms with E-state index in [-0.39, 0.29) is 41.4 Å². The molecule has 1 aromatic heterocycles. The van der Waals surface area contributed by atoms with Gasteiger partial charge in [-0.05, 0) is 55.8 Å². The first-order chi connectivity index (χ1) is 15.2. The third-order valence-corrected chi connectivity index (χ3v) is 6.07. The number of hydrogen-bond donors (Lipinski definition) is 0. The Morgan fingerprint density at radius 1 is 0.971 bits per heavy atom. The second-order valence-corrected chi connectivity index (χ2v) is 9.43. The molecule has 0 bridgehead atoms. The maximum Gasteiger partial charge on any atom is 3.00 e. The van der Waals surface area contributed by atoms with Gasteiger partial charge >= 0.3 is 18.8 Å². The maximum absolute atomic E-state index is 12.8. The number of nitrogens with zero attached hydrogens (tertiary/aromatic N) is 4. The number of carbonyl (C=O) groups is 1. The first kappa shape index (κ1) is 27.1. The average Bonchev–Trinajstić information content (AvgIpc) is 2.98. The van der Waals surface area contributed by atoms with Gasteiger partial charge in [-0.15, -0.1) is 10.2 Å². The quantitative estimate of drug-likeness (QED) is 0.303. The summed E-state index contributed by atoms with van der Waals surface area (Å²) in [5.74, 6) is -2.54. The fourth-order valence-corrected chi connectivity index (χ4v) is 3.87. The number of aromatic nitrogens is 2. The van der Waals surface area contributed by atoms with Gasteiger partial charge in [-0.2, -0.15) is 5.10 Å². The topological polar surface area (TPSA) is 220 Å². The molecule has 3 rings (SSSR count). The molecule has 0 saturated carbocycles. The van der Waals surface area contributed by atoms with Crippen molar-refractivity contribution in [3.8, 4) is 11.6 Å². The standard InChI is InChI=1S/C18H16N4O9S2.Cr/c1-9-7-11(32(26,27)28)4-6-15(9)22-17(23)16(10(2)21-22)20-19-14-8-12(33(29,30)31)3-5-13(14)18(24)25;/h3-8,23H,1-2H3,(H,24,25)(H,26,27,28)(H,29,30,31);/q;+3/p-3. The molecule has 3 aromatic rings. The van der Waals surface area contributed by atoms with Crippen molar-refractivity contribution in [1.29, 1.82) is 0 Å². The third-order valence-electron chi connectivity index (χ3n) is 4.41. The molecule has 0 atom stereocenters. The number of aryl methyl sites for hydroxylation is 2. The van der Waals surface area contributed by atoms with Crippen molar-refractivity contribution in [3.05, 3.63) is 53.2 Å². The number of rotatable bonds is 6. The van der Waals surface area contributed by atoms with Crippen LogP contribution >= 0.6 is 0 Å². The normalized spacial score (nSPS) is 12.0. The van der Waals surface area contributed by atoms with Gasteiger partial charge in [-0.1, -0.05) is 0 Å². The fraction of sp³-hybridized carbons (Fsp3) is 0.111. The molecular weight excluding hydrogens is 532 g/mol. The zero-order chi connectivity index (χ0) is 24.7. The average molecular weight is 545 g/mol. The van der Waals surface area contributed by atoms with Gasteiger partial charge in [0.05, 0.1) is 32.8 Å². The number of azo groups is 1. The van der Waals surface area contributed by atoms with E-state index in [4.69, 9.17) is 0 Å². The third kappa shape index (κ3) is 5.50. The smallest absolute Gasteiger partial charge is 0.857 e. The Kier molecular flexibility index (Phi) is 7.67. The van der Waals surface area contributed by atoms with E-state index in [0.717, 1.165) is 28.9 Å². The van der Waals surface area contributed by atoms with Crippen LogP contribution in [0.1, 0.15) is 23.0 Å². The summed E-state index contributed by atoms with van der Waals surface area (Å²) in [5, 5.41) is 35.3. The number of carbonyl (C=O) groups excluding carboxylic acids is 1. The van der Waals surface area contributed by atoms with Crippen LogP contribution in [0.15, 0.2) is 56.4 Å². The van der Waals surface area contributed by atoms with Gasteiger partial charge < -0.3 is 24.1 Å². The number of aromatic carboxylic acids is 1. The van der Waals surface area contributed by atoms with Crippen LogP contribution in [-0.4, -0.2) is 41.7 Å². The van der Waals surface area contributed by atoms with Crippen molar-refractivity contribution in [3.63, 3.8) is 0 Å². The van der Waals surface area contributed by atoms with Crippen LogP contribution < -0.4 is 10.2 Å². The number of benzene rings is 2. The van der Waals surface area contributed by atoms with Crippen LogP contribution in [0.5, 0.6) is 5.88 Å². The summed E-state index contributed by atoms with van der Waals surface area (Å²) in [6, 6.07) is 5.51. The van der Waals surface area contributed by atoms with Gasteiger partial charge in [0, 0.05) is 11.4 Å². The maximum atomic E-state index is 12.8. The van der Waals surface area contributed by atoms with Gasteiger partial charge in [-0.25, -0.2) is 21.5 Å². The Labute approximate surface area is 205 Å². The van der Waals surface area contributed by atoms with Gasteiger partial charge in [0.15, 0.2) is 0 Å². The van der Waals surface area contributed by atoms with Crippen LogP contribution in [0.25, 0.3) is 5.69 Å². The Morgan fingerprint density at radius 3 is 2.06 bits per heavy atom. The molecule has 0 aliphatic heterocycles. The van der Waals surface area contributed by atoms with E-state index >= 15 is 0 Å². The minimum Gasteiger partial charge on any atom is -0.857 e. The van der Waals surface area contributed by atoms with Crippen molar-refractivity contribution in [2.45, 2.75) is 23.6 Å². The Hall–Kier alpha value is -3.13. The molecular formula is C18H13CrN4O9S2. The van der Waals surface area contributed by atoms with Gasteiger partial charge in [0.2, 0.25) is 0 Å². The molecule has 177 valence electrons. The van der Waals surface area contributed by atoms with E-state index in [0.29, 0.717) is 6.07 Å². The van der Waals surface area contributed by atoms with Crippen LogP contribution in [0, 0.1) is 13.8 Å². The second-order valence-electron chi connectivity index (χ2n) is 6.67. The Balaban J connectivity index is 0.00000306. The molecule has 0 spiro atoms. The van der Waals surface area contributed by atoms with E-state index in [9.17, 15) is 40.9 Å². The van der Waals surface area contributed by atoms with E-state index < -0.39 is 53.1 Å². The van der Waals surface area contributed by atoms with Crippen LogP contribution in [0.4, 0.5) is 11.4 Å². The number of carboxylic acids is 1. The minimum absolute atomic E-state index is 0. The summed E-state index contributed by atoms with van der Waals surface area (Å²) >= 11 is 0. The molecule has 0 unspecified atom stereocenters. The van der Waals surface area contributed by atoms with Gasteiger partial charge in [-0.3, -0.25) is 0 Å². The van der Waals surface area contributed by atoms with Crippen molar-refractivity contribution >= 4 is 37.6 Å². The molecule has 0 aliphatic rings. The van der Waals surface area contributed by atoms with Crippen LogP contribution in [0.3, 0.4) is 0 Å². The summed E-state index contributed by atoms with van der Waals surface area (Å²) in [5.41, 5.74) is -1.02. The molecule has 0 amide bonds. The fourth-order valence-electron chi connectivity index (χ4n) is 2.82. The monoisotopic (exact) mass is 545 g/mol. The van der Waals surface area contributed by atoms with Crippen molar-refractivity contribution in [1.82, 2.24) is 9.78 Å². The molecule has 1 radical (unpaired) electrons. The summed E-state index contributed by atoms with van der Waals surface area (Å²) in [7, 11) is -9.64. The van der Waals surface area contributed by atoms with E-state index in [1.165, 1.54) is 19.9 Å². The SMILES string of the molecule is Cc1cc(S(=O)(=O)[O-])ccc1-n1nc(C)c(N=Nc2cc(S(=O)(=O)[O-])ccc2C(=O)[O-])c1[O-].[Cr+3].[H+]. The number of carboxylic acid groups (broad SMARTS) is 1. The van der Waals surface area contributed by atoms with Gasteiger partial charge in [0.25, 0.3) is 0 Å². The first-order valence-electron chi connectivity index (χ1n) is 8.76. The predicted molar refractivity (Wildman–Crippen MR) is 104 cm³/mol. The molecule has 0 saturated heterocycles. The van der Waals surface area contributed by atoms with Gasteiger partial charge in [0.1, 0.15) is 25.9 Å². The van der Waals surface area contributed by atoms with E-state index in [1.54, 1.807) is 0 Å². The van der Waals surface area contributed by atoms with Crippen molar-refractivity contribution in [2.75, 3.05) is 0 Å². The Bertz CT molecular complexity index is 1540. The zero-order valence-corrected chi connectivity index (χ0v) is 20.1. The predicted octanol–water partition coefficient (Wildman–Crippen LogP) is 0.260. The summed E-state index contributed by atoms with van der Waals surface area (Å²) in [6.45, 7) is 2.83. The molecule has 0 aliphatic carbocycles. The number of hydrogen-bond acceptors (Lipinski definition) is 12. The molecule has 34 heavy (non-hydrogen) atoms. The molecule has 16 heteroatoms. The largest absolute Gasteiger partial charge is 3.00 e.